The van der Waals surface area contributed by atoms with Crippen LogP contribution in [0.1, 0.15) is 48.3 Å². The summed E-state index contributed by atoms with van der Waals surface area (Å²) >= 11 is 0. The second-order valence-corrected chi connectivity index (χ2v) is 9.48. The SMILES string of the molecule is CC1=C(C(=O)Nc2ccccc2C(F)(F)F)C(c2ccc(F)cc2)C2=C(CC(c3ccccc3)CC2=O)N1. The molecule has 1 heterocycles. The van der Waals surface area contributed by atoms with Crippen LogP contribution in [0.5, 0.6) is 0 Å². The third kappa shape index (κ3) is 4.86. The monoisotopic (exact) mass is 520 g/mol. The topological polar surface area (TPSA) is 58.2 Å². The first-order valence-corrected chi connectivity index (χ1v) is 12.2. The zero-order chi connectivity index (χ0) is 27.0. The molecule has 0 bridgehead atoms. The van der Waals surface area contributed by atoms with Crippen molar-refractivity contribution in [2.45, 2.75) is 37.8 Å². The van der Waals surface area contributed by atoms with E-state index in [9.17, 15) is 27.2 Å². The summed E-state index contributed by atoms with van der Waals surface area (Å²) < 4.78 is 54.5. The number of alkyl halides is 3. The quantitative estimate of drug-likeness (QED) is 0.370. The number of Topliss-reactive ketones (excluding diaryl/α,β-unsaturated/α-hetero) is 1. The maximum Gasteiger partial charge on any atom is 0.418 e. The normalized spacial score (nSPS) is 19.7. The molecule has 8 heteroatoms. The smallest absolute Gasteiger partial charge is 0.362 e. The Hall–Kier alpha value is -4.20. The Balaban J connectivity index is 1.57. The molecule has 2 aliphatic rings. The number of hydrogen-bond acceptors (Lipinski definition) is 3. The molecule has 1 amide bonds. The van der Waals surface area contributed by atoms with E-state index in [0.717, 1.165) is 11.6 Å². The number of allylic oxidation sites excluding steroid dienone is 3. The molecule has 3 aromatic rings. The van der Waals surface area contributed by atoms with Crippen molar-refractivity contribution in [3.8, 4) is 0 Å². The second-order valence-electron chi connectivity index (χ2n) is 9.48. The first kappa shape index (κ1) is 25.4. The minimum absolute atomic E-state index is 0.0642. The molecule has 0 spiro atoms. The number of ketones is 1. The van der Waals surface area contributed by atoms with E-state index in [1.807, 2.05) is 30.3 Å². The van der Waals surface area contributed by atoms with Crippen molar-refractivity contribution in [2.24, 2.45) is 0 Å². The highest BCUT2D eigenvalue weighted by atomic mass is 19.4. The Kier molecular flexibility index (Phi) is 6.65. The number of benzene rings is 3. The first-order chi connectivity index (χ1) is 18.1. The van der Waals surface area contributed by atoms with Gasteiger partial charge in [-0.2, -0.15) is 13.2 Å². The molecule has 2 atom stereocenters. The molecule has 1 aliphatic carbocycles. The number of rotatable bonds is 4. The van der Waals surface area contributed by atoms with Gasteiger partial charge in [-0.1, -0.05) is 54.6 Å². The van der Waals surface area contributed by atoms with Gasteiger partial charge < -0.3 is 10.6 Å². The van der Waals surface area contributed by atoms with Gasteiger partial charge in [0.2, 0.25) is 0 Å². The lowest BCUT2D eigenvalue weighted by Crippen LogP contribution is -2.37. The van der Waals surface area contributed by atoms with Gasteiger partial charge in [0.05, 0.1) is 11.3 Å². The van der Waals surface area contributed by atoms with Crippen LogP contribution in [0.3, 0.4) is 0 Å². The zero-order valence-corrected chi connectivity index (χ0v) is 20.4. The molecule has 194 valence electrons. The molecule has 3 aromatic carbocycles. The molecule has 0 radical (unpaired) electrons. The maximum absolute atomic E-state index is 13.8. The average molecular weight is 521 g/mol. The Morgan fingerprint density at radius 2 is 1.55 bits per heavy atom. The van der Waals surface area contributed by atoms with Crippen molar-refractivity contribution in [1.29, 1.82) is 0 Å². The number of hydrogen-bond donors (Lipinski definition) is 2. The molecule has 0 saturated carbocycles. The molecule has 4 nitrogen and oxygen atoms in total. The summed E-state index contributed by atoms with van der Waals surface area (Å²) in [7, 11) is 0. The number of dihydropyridines is 1. The van der Waals surface area contributed by atoms with Crippen LogP contribution < -0.4 is 10.6 Å². The van der Waals surface area contributed by atoms with Gasteiger partial charge >= 0.3 is 6.18 Å². The highest BCUT2D eigenvalue weighted by Gasteiger charge is 2.41. The number of carbonyl (C=O) groups excluding carboxylic acids is 2. The molecule has 0 fully saturated rings. The minimum Gasteiger partial charge on any atom is -0.362 e. The molecule has 38 heavy (non-hydrogen) atoms. The molecular formula is C30H24F4N2O2. The van der Waals surface area contributed by atoms with E-state index in [-0.39, 0.29) is 29.4 Å². The van der Waals surface area contributed by atoms with E-state index in [1.54, 1.807) is 6.92 Å². The fourth-order valence-corrected chi connectivity index (χ4v) is 5.32. The highest BCUT2D eigenvalue weighted by molar-refractivity contribution is 6.10. The van der Waals surface area contributed by atoms with E-state index in [0.29, 0.717) is 29.0 Å². The maximum atomic E-state index is 13.8. The van der Waals surface area contributed by atoms with Crippen LogP contribution in [0, 0.1) is 5.82 Å². The molecule has 2 N–H and O–H groups in total. The van der Waals surface area contributed by atoms with Gasteiger partial charge in [0.1, 0.15) is 5.82 Å². The third-order valence-electron chi connectivity index (χ3n) is 7.03. The number of nitrogens with one attached hydrogen (secondary N) is 2. The van der Waals surface area contributed by atoms with Gasteiger partial charge in [0.15, 0.2) is 5.78 Å². The van der Waals surface area contributed by atoms with E-state index in [1.165, 1.54) is 42.5 Å². The van der Waals surface area contributed by atoms with Crippen LogP contribution >= 0.6 is 0 Å². The number of halogens is 4. The van der Waals surface area contributed by atoms with Crippen molar-refractivity contribution in [1.82, 2.24) is 5.32 Å². The van der Waals surface area contributed by atoms with Crippen LogP contribution in [0.25, 0.3) is 0 Å². The van der Waals surface area contributed by atoms with E-state index in [4.69, 9.17) is 0 Å². The van der Waals surface area contributed by atoms with Crippen molar-refractivity contribution < 1.29 is 27.2 Å². The van der Waals surface area contributed by atoms with Crippen molar-refractivity contribution >= 4 is 17.4 Å². The Labute approximate surface area is 217 Å². The van der Waals surface area contributed by atoms with Crippen LogP contribution in [0.4, 0.5) is 23.2 Å². The van der Waals surface area contributed by atoms with Gasteiger partial charge in [0.25, 0.3) is 5.91 Å². The predicted molar refractivity (Wildman–Crippen MR) is 136 cm³/mol. The second kappa shape index (κ2) is 9.93. The summed E-state index contributed by atoms with van der Waals surface area (Å²) in [5.74, 6) is -2.36. The predicted octanol–water partition coefficient (Wildman–Crippen LogP) is 6.84. The average Bonchev–Trinajstić information content (AvgIpc) is 2.88. The van der Waals surface area contributed by atoms with Crippen LogP contribution in [-0.2, 0) is 15.8 Å². The van der Waals surface area contributed by atoms with Crippen molar-refractivity contribution in [3.05, 3.63) is 124 Å². The summed E-state index contributed by atoms with van der Waals surface area (Å²) in [5, 5.41) is 5.61. The zero-order valence-electron chi connectivity index (χ0n) is 20.4. The summed E-state index contributed by atoms with van der Waals surface area (Å²) in [6.45, 7) is 1.65. The van der Waals surface area contributed by atoms with Gasteiger partial charge in [-0.25, -0.2) is 4.39 Å². The lowest BCUT2D eigenvalue weighted by Gasteiger charge is -2.37. The van der Waals surface area contributed by atoms with E-state index < -0.39 is 29.4 Å². The third-order valence-corrected chi connectivity index (χ3v) is 7.03. The molecular weight excluding hydrogens is 496 g/mol. The minimum atomic E-state index is -4.67. The number of amides is 1. The lowest BCUT2D eigenvalue weighted by atomic mass is 9.71. The fourth-order valence-electron chi connectivity index (χ4n) is 5.32. The standard InChI is InChI=1S/C30H24F4N2O2/c1-17-26(29(38)36-23-10-6-5-9-22(23)30(32,33)34)27(19-11-13-21(31)14-12-19)28-24(35-17)15-20(16-25(28)37)18-7-3-2-4-8-18/h2-14,20,27,35H,15-16H2,1H3,(H,36,38). The van der Waals surface area contributed by atoms with Gasteiger partial charge in [-0.05, 0) is 54.7 Å². The number of para-hydroxylation sites is 1. The molecule has 1 aliphatic heterocycles. The van der Waals surface area contributed by atoms with Crippen LogP contribution in [0.2, 0.25) is 0 Å². The number of anilines is 1. The Morgan fingerprint density at radius 3 is 2.24 bits per heavy atom. The highest BCUT2D eigenvalue weighted by Crippen LogP contribution is 2.46. The largest absolute Gasteiger partial charge is 0.418 e. The summed E-state index contributed by atoms with van der Waals surface area (Å²) in [6, 6.07) is 19.8. The summed E-state index contributed by atoms with van der Waals surface area (Å²) in [6.07, 6.45) is -3.94. The van der Waals surface area contributed by atoms with Crippen LogP contribution in [-0.4, -0.2) is 11.7 Å². The molecule has 2 unspecified atom stereocenters. The Bertz CT molecular complexity index is 1460. The van der Waals surface area contributed by atoms with Crippen molar-refractivity contribution in [2.75, 3.05) is 5.32 Å². The summed E-state index contributed by atoms with van der Waals surface area (Å²) in [4.78, 5) is 27.2. The van der Waals surface area contributed by atoms with E-state index >= 15 is 0 Å². The lowest BCUT2D eigenvalue weighted by molar-refractivity contribution is -0.137. The van der Waals surface area contributed by atoms with Gasteiger partial charge in [-0.3, -0.25) is 9.59 Å². The van der Waals surface area contributed by atoms with Gasteiger partial charge in [0, 0.05) is 34.9 Å². The van der Waals surface area contributed by atoms with Crippen molar-refractivity contribution in [3.63, 3.8) is 0 Å². The first-order valence-electron chi connectivity index (χ1n) is 12.2. The molecule has 5 rings (SSSR count). The molecule has 0 saturated heterocycles. The van der Waals surface area contributed by atoms with Crippen LogP contribution in [0.15, 0.2) is 101 Å². The molecule has 0 aromatic heterocycles. The Morgan fingerprint density at radius 1 is 0.895 bits per heavy atom. The van der Waals surface area contributed by atoms with Gasteiger partial charge in [-0.15, -0.1) is 0 Å². The number of carbonyl (C=O) groups is 2. The van der Waals surface area contributed by atoms with E-state index in [2.05, 4.69) is 10.6 Å². The summed E-state index contributed by atoms with van der Waals surface area (Å²) in [5.41, 5.74) is 1.72. The fraction of sp³-hybridized carbons (Fsp3) is 0.200.